The fraction of sp³-hybridized carbons (Fsp3) is 0.111. The molecule has 3 aromatic rings. The molecule has 1 aromatic carbocycles. The number of carbonyl (C=O) groups is 1. The van der Waals surface area contributed by atoms with Gasteiger partial charge in [-0.25, -0.2) is 0 Å². The van der Waals surface area contributed by atoms with Crippen LogP contribution >= 0.6 is 22.9 Å². The fourth-order valence-corrected chi connectivity index (χ4v) is 3.03. The van der Waals surface area contributed by atoms with Crippen LogP contribution in [0.1, 0.15) is 5.56 Å². The zero-order valence-corrected chi connectivity index (χ0v) is 14.4. The Bertz CT molecular complexity index is 840. The zero-order valence-electron chi connectivity index (χ0n) is 12.9. The average molecular weight is 358 g/mol. The molecule has 0 radical (unpaired) electrons. The number of halogens is 1. The second kappa shape index (κ2) is 7.95. The van der Waals surface area contributed by atoms with Crippen LogP contribution in [0.25, 0.3) is 17.3 Å². The lowest BCUT2D eigenvalue weighted by molar-refractivity contribution is -0.116. The summed E-state index contributed by atoms with van der Waals surface area (Å²) in [6.07, 6.45) is 5.11. The van der Waals surface area contributed by atoms with E-state index in [0.717, 1.165) is 16.8 Å². The van der Waals surface area contributed by atoms with Crippen molar-refractivity contribution in [1.82, 2.24) is 15.1 Å². The minimum atomic E-state index is -0.153. The predicted molar refractivity (Wildman–Crippen MR) is 99.0 cm³/mol. The van der Waals surface area contributed by atoms with E-state index in [4.69, 9.17) is 11.6 Å². The number of aromatic nitrogens is 2. The van der Waals surface area contributed by atoms with Gasteiger partial charge in [-0.3, -0.25) is 9.48 Å². The zero-order chi connectivity index (χ0) is 16.8. The van der Waals surface area contributed by atoms with Gasteiger partial charge in [0.25, 0.3) is 0 Å². The summed E-state index contributed by atoms with van der Waals surface area (Å²) in [5.74, 6) is -0.153. The molecule has 0 aliphatic carbocycles. The van der Waals surface area contributed by atoms with Crippen molar-refractivity contribution in [2.24, 2.45) is 0 Å². The van der Waals surface area contributed by atoms with Crippen LogP contribution in [0, 0.1) is 0 Å². The minimum absolute atomic E-state index is 0.153. The third-order valence-corrected chi connectivity index (χ3v) is 4.44. The topological polar surface area (TPSA) is 46.9 Å². The summed E-state index contributed by atoms with van der Waals surface area (Å²) in [7, 11) is 0. The van der Waals surface area contributed by atoms with Crippen LogP contribution in [-0.4, -0.2) is 22.2 Å². The largest absolute Gasteiger partial charge is 0.351 e. The number of nitrogens with zero attached hydrogens (tertiary/aromatic N) is 2. The predicted octanol–water partition coefficient (Wildman–Crippen LogP) is 4.09. The molecule has 4 nitrogen and oxygen atoms in total. The molecule has 0 atom stereocenters. The van der Waals surface area contributed by atoms with Gasteiger partial charge in [0.15, 0.2) is 0 Å². The Hall–Kier alpha value is -2.37. The fourth-order valence-electron chi connectivity index (χ4n) is 2.18. The van der Waals surface area contributed by atoms with Gasteiger partial charge in [-0.05, 0) is 35.2 Å². The van der Waals surface area contributed by atoms with Gasteiger partial charge < -0.3 is 5.32 Å². The van der Waals surface area contributed by atoms with Crippen molar-refractivity contribution in [2.45, 2.75) is 6.54 Å². The summed E-state index contributed by atoms with van der Waals surface area (Å²) >= 11 is 7.69. The molecule has 2 heterocycles. The first-order chi connectivity index (χ1) is 11.7. The van der Waals surface area contributed by atoms with Gasteiger partial charge in [-0.1, -0.05) is 29.8 Å². The highest BCUT2D eigenvalue weighted by Gasteiger charge is 2.03. The van der Waals surface area contributed by atoms with Crippen molar-refractivity contribution >= 4 is 34.9 Å². The molecule has 1 N–H and O–H groups in total. The molecule has 0 unspecified atom stereocenters. The Morgan fingerprint density at radius 3 is 2.96 bits per heavy atom. The molecule has 0 spiro atoms. The van der Waals surface area contributed by atoms with Gasteiger partial charge in [0.1, 0.15) is 0 Å². The van der Waals surface area contributed by atoms with Crippen molar-refractivity contribution in [3.8, 4) is 11.3 Å². The van der Waals surface area contributed by atoms with E-state index in [9.17, 15) is 4.79 Å². The van der Waals surface area contributed by atoms with Gasteiger partial charge >= 0.3 is 0 Å². The number of nitrogens with one attached hydrogen (secondary N) is 1. The van der Waals surface area contributed by atoms with E-state index in [-0.39, 0.29) is 5.91 Å². The van der Waals surface area contributed by atoms with E-state index in [0.29, 0.717) is 18.1 Å². The first-order valence-electron chi connectivity index (χ1n) is 7.49. The Kier molecular flexibility index (Phi) is 5.46. The molecule has 6 heteroatoms. The summed E-state index contributed by atoms with van der Waals surface area (Å²) in [6.45, 7) is 1.13. The normalized spacial score (nSPS) is 11.0. The Morgan fingerprint density at radius 1 is 1.29 bits per heavy atom. The Balaban J connectivity index is 1.48. The van der Waals surface area contributed by atoms with E-state index < -0.39 is 0 Å². The molecule has 0 fully saturated rings. The van der Waals surface area contributed by atoms with Crippen molar-refractivity contribution in [1.29, 1.82) is 0 Å². The van der Waals surface area contributed by atoms with Crippen molar-refractivity contribution in [2.75, 3.05) is 6.54 Å². The van der Waals surface area contributed by atoms with E-state index in [2.05, 4.69) is 15.8 Å². The lowest BCUT2D eigenvalue weighted by Crippen LogP contribution is -2.25. The highest BCUT2D eigenvalue weighted by Crippen LogP contribution is 2.19. The maximum absolute atomic E-state index is 11.8. The van der Waals surface area contributed by atoms with Gasteiger partial charge in [0, 0.05) is 34.8 Å². The molecule has 122 valence electrons. The number of benzene rings is 1. The Morgan fingerprint density at radius 2 is 2.17 bits per heavy atom. The molecule has 24 heavy (non-hydrogen) atoms. The second-order valence-corrected chi connectivity index (χ2v) is 6.31. The van der Waals surface area contributed by atoms with E-state index >= 15 is 0 Å². The van der Waals surface area contributed by atoms with E-state index in [1.807, 2.05) is 46.6 Å². The number of carbonyl (C=O) groups excluding carboxylic acids is 1. The number of hydrogen-bond acceptors (Lipinski definition) is 3. The van der Waals surface area contributed by atoms with Crippen molar-refractivity contribution in [3.05, 3.63) is 70.0 Å². The highest BCUT2D eigenvalue weighted by molar-refractivity contribution is 7.08. The quantitative estimate of drug-likeness (QED) is 0.675. The van der Waals surface area contributed by atoms with Gasteiger partial charge in [-0.15, -0.1) is 0 Å². The number of rotatable bonds is 6. The SMILES string of the molecule is O=C(/C=C/c1ccccc1Cl)NCCn1ccc(-c2ccsc2)n1. The lowest BCUT2D eigenvalue weighted by atomic mass is 10.2. The summed E-state index contributed by atoms with van der Waals surface area (Å²) in [4.78, 5) is 11.8. The Labute approximate surface area is 149 Å². The third kappa shape index (κ3) is 4.34. The van der Waals surface area contributed by atoms with Crippen LogP contribution in [0.3, 0.4) is 0 Å². The van der Waals surface area contributed by atoms with Crippen LogP contribution < -0.4 is 5.32 Å². The number of hydrogen-bond donors (Lipinski definition) is 1. The van der Waals surface area contributed by atoms with Crippen molar-refractivity contribution < 1.29 is 4.79 Å². The first-order valence-corrected chi connectivity index (χ1v) is 8.81. The first kappa shape index (κ1) is 16.5. The second-order valence-electron chi connectivity index (χ2n) is 5.12. The smallest absolute Gasteiger partial charge is 0.244 e. The molecule has 1 amide bonds. The van der Waals surface area contributed by atoms with Crippen molar-refractivity contribution in [3.63, 3.8) is 0 Å². The molecule has 2 aromatic heterocycles. The maximum Gasteiger partial charge on any atom is 0.244 e. The highest BCUT2D eigenvalue weighted by atomic mass is 35.5. The molecule has 0 saturated carbocycles. The lowest BCUT2D eigenvalue weighted by Gasteiger charge is -2.03. The molecule has 3 rings (SSSR count). The van der Waals surface area contributed by atoms with Crippen LogP contribution in [0.15, 0.2) is 59.4 Å². The maximum atomic E-state index is 11.8. The average Bonchev–Trinajstić information content (AvgIpc) is 3.25. The molecular formula is C18H16ClN3OS. The summed E-state index contributed by atoms with van der Waals surface area (Å²) in [5.41, 5.74) is 2.88. The van der Waals surface area contributed by atoms with E-state index in [1.165, 1.54) is 6.08 Å². The monoisotopic (exact) mass is 357 g/mol. The summed E-state index contributed by atoms with van der Waals surface area (Å²) in [5, 5.41) is 12.0. The summed E-state index contributed by atoms with van der Waals surface area (Å²) in [6, 6.07) is 11.4. The van der Waals surface area contributed by atoms with E-state index in [1.54, 1.807) is 23.5 Å². The van der Waals surface area contributed by atoms with Crippen LogP contribution in [-0.2, 0) is 11.3 Å². The molecule has 0 bridgehead atoms. The van der Waals surface area contributed by atoms with Gasteiger partial charge in [0.2, 0.25) is 5.91 Å². The minimum Gasteiger partial charge on any atom is -0.351 e. The number of amides is 1. The molecule has 0 aliphatic rings. The van der Waals surface area contributed by atoms with Gasteiger partial charge in [-0.2, -0.15) is 16.4 Å². The van der Waals surface area contributed by atoms with Gasteiger partial charge in [0.05, 0.1) is 12.2 Å². The molecule has 0 saturated heterocycles. The standard InChI is InChI=1S/C18H16ClN3OS/c19-16-4-2-1-3-14(16)5-6-18(23)20-9-11-22-10-7-17(21-22)15-8-12-24-13-15/h1-8,10,12-13H,9,11H2,(H,20,23)/b6-5+. The molecule has 0 aliphatic heterocycles. The number of thiophene rings is 1. The molecular weight excluding hydrogens is 342 g/mol. The van der Waals surface area contributed by atoms with Crippen LogP contribution in [0.5, 0.6) is 0 Å². The third-order valence-electron chi connectivity index (χ3n) is 3.42. The summed E-state index contributed by atoms with van der Waals surface area (Å²) < 4.78 is 1.82. The van der Waals surface area contributed by atoms with Crippen LogP contribution in [0.2, 0.25) is 5.02 Å². The van der Waals surface area contributed by atoms with Crippen LogP contribution in [0.4, 0.5) is 0 Å².